The Kier molecular flexibility index (Phi) is 4.39. The Morgan fingerprint density at radius 3 is 2.50 bits per heavy atom. The molecule has 0 spiro atoms. The predicted octanol–water partition coefficient (Wildman–Crippen LogP) is 4.17. The van der Waals surface area contributed by atoms with Crippen molar-refractivity contribution in [2.45, 2.75) is 25.9 Å². The van der Waals surface area contributed by atoms with E-state index in [4.69, 9.17) is 4.74 Å². The SMILES string of the molecule is COc1ccccc1C(C)N[C@@H](C)c1cccs1. The average molecular weight is 261 g/mol. The zero-order chi connectivity index (χ0) is 13.0. The summed E-state index contributed by atoms with van der Waals surface area (Å²) < 4.78 is 5.40. The van der Waals surface area contributed by atoms with Gasteiger partial charge in [-0.15, -0.1) is 11.3 Å². The van der Waals surface area contributed by atoms with Crippen LogP contribution in [0.1, 0.15) is 36.4 Å². The monoisotopic (exact) mass is 261 g/mol. The van der Waals surface area contributed by atoms with Crippen LogP contribution in [-0.2, 0) is 0 Å². The van der Waals surface area contributed by atoms with Gasteiger partial charge in [-0.2, -0.15) is 0 Å². The van der Waals surface area contributed by atoms with Crippen molar-refractivity contribution in [1.82, 2.24) is 5.32 Å². The molecule has 0 fully saturated rings. The molecule has 2 nitrogen and oxygen atoms in total. The third-order valence-electron chi connectivity index (χ3n) is 3.08. The van der Waals surface area contributed by atoms with Crippen molar-refractivity contribution in [2.75, 3.05) is 7.11 Å². The fourth-order valence-corrected chi connectivity index (χ4v) is 2.85. The topological polar surface area (TPSA) is 21.3 Å². The first-order valence-corrected chi connectivity index (χ1v) is 7.02. The molecule has 0 saturated carbocycles. The predicted molar refractivity (Wildman–Crippen MR) is 77.3 cm³/mol. The second kappa shape index (κ2) is 6.03. The second-order valence-electron chi connectivity index (χ2n) is 4.37. The van der Waals surface area contributed by atoms with Gasteiger partial charge in [0, 0.05) is 22.5 Å². The zero-order valence-electron chi connectivity index (χ0n) is 11.0. The molecule has 3 heteroatoms. The van der Waals surface area contributed by atoms with Gasteiger partial charge in [-0.25, -0.2) is 0 Å². The number of hydrogen-bond acceptors (Lipinski definition) is 3. The number of hydrogen-bond donors (Lipinski definition) is 1. The molecule has 18 heavy (non-hydrogen) atoms. The molecule has 1 unspecified atom stereocenters. The summed E-state index contributed by atoms with van der Waals surface area (Å²) in [6, 6.07) is 13.0. The minimum absolute atomic E-state index is 0.262. The molecule has 2 rings (SSSR count). The van der Waals surface area contributed by atoms with Crippen LogP contribution < -0.4 is 10.1 Å². The van der Waals surface area contributed by atoms with Crippen molar-refractivity contribution < 1.29 is 4.74 Å². The van der Waals surface area contributed by atoms with E-state index in [0.29, 0.717) is 6.04 Å². The van der Waals surface area contributed by atoms with Crippen LogP contribution in [-0.4, -0.2) is 7.11 Å². The van der Waals surface area contributed by atoms with Gasteiger partial charge in [0.1, 0.15) is 5.75 Å². The molecule has 2 atom stereocenters. The van der Waals surface area contributed by atoms with E-state index in [-0.39, 0.29) is 6.04 Å². The van der Waals surface area contributed by atoms with E-state index in [1.165, 1.54) is 10.4 Å². The van der Waals surface area contributed by atoms with Gasteiger partial charge in [-0.1, -0.05) is 24.3 Å². The van der Waals surface area contributed by atoms with Crippen LogP contribution in [0.25, 0.3) is 0 Å². The summed E-state index contributed by atoms with van der Waals surface area (Å²) in [5, 5.41) is 5.72. The normalized spacial score (nSPS) is 14.2. The third-order valence-corrected chi connectivity index (χ3v) is 4.13. The van der Waals surface area contributed by atoms with Crippen LogP contribution in [0, 0.1) is 0 Å². The Hall–Kier alpha value is -1.32. The average Bonchev–Trinajstić information content (AvgIpc) is 2.92. The lowest BCUT2D eigenvalue weighted by Crippen LogP contribution is -2.22. The molecule has 0 radical (unpaired) electrons. The minimum atomic E-state index is 0.262. The van der Waals surface area contributed by atoms with Gasteiger partial charge in [0.25, 0.3) is 0 Å². The molecule has 0 aliphatic heterocycles. The van der Waals surface area contributed by atoms with Crippen LogP contribution >= 0.6 is 11.3 Å². The fraction of sp³-hybridized carbons (Fsp3) is 0.333. The van der Waals surface area contributed by atoms with E-state index in [0.717, 1.165) is 5.75 Å². The van der Waals surface area contributed by atoms with Crippen molar-refractivity contribution in [1.29, 1.82) is 0 Å². The van der Waals surface area contributed by atoms with Crippen molar-refractivity contribution in [2.24, 2.45) is 0 Å². The lowest BCUT2D eigenvalue weighted by atomic mass is 10.1. The Morgan fingerprint density at radius 2 is 1.83 bits per heavy atom. The fourth-order valence-electron chi connectivity index (χ4n) is 2.11. The number of rotatable bonds is 5. The third kappa shape index (κ3) is 2.92. The smallest absolute Gasteiger partial charge is 0.123 e. The lowest BCUT2D eigenvalue weighted by molar-refractivity contribution is 0.397. The summed E-state index contributed by atoms with van der Waals surface area (Å²) in [6.45, 7) is 4.36. The highest BCUT2D eigenvalue weighted by atomic mass is 32.1. The van der Waals surface area contributed by atoms with Crippen LogP contribution in [0.15, 0.2) is 41.8 Å². The quantitative estimate of drug-likeness (QED) is 0.872. The molecule has 1 N–H and O–H groups in total. The van der Waals surface area contributed by atoms with E-state index in [2.05, 4.69) is 42.7 Å². The first kappa shape index (κ1) is 13.1. The summed E-state index contributed by atoms with van der Waals surface area (Å²) in [6.07, 6.45) is 0. The summed E-state index contributed by atoms with van der Waals surface area (Å²) in [4.78, 5) is 1.36. The maximum absolute atomic E-state index is 5.40. The first-order valence-electron chi connectivity index (χ1n) is 6.14. The summed E-state index contributed by atoms with van der Waals surface area (Å²) in [7, 11) is 1.72. The van der Waals surface area contributed by atoms with E-state index in [1.807, 2.05) is 18.2 Å². The molecule has 1 aromatic carbocycles. The van der Waals surface area contributed by atoms with Gasteiger partial charge in [-0.05, 0) is 31.4 Å². The van der Waals surface area contributed by atoms with Gasteiger partial charge in [0.15, 0.2) is 0 Å². The number of nitrogens with one attached hydrogen (secondary N) is 1. The zero-order valence-corrected chi connectivity index (χ0v) is 11.8. The van der Waals surface area contributed by atoms with Crippen LogP contribution in [0.3, 0.4) is 0 Å². The van der Waals surface area contributed by atoms with Crippen molar-refractivity contribution in [3.05, 3.63) is 52.2 Å². The van der Waals surface area contributed by atoms with Gasteiger partial charge >= 0.3 is 0 Å². The molecule has 0 saturated heterocycles. The summed E-state index contributed by atoms with van der Waals surface area (Å²) in [5.41, 5.74) is 1.20. The van der Waals surface area contributed by atoms with E-state index < -0.39 is 0 Å². The Labute approximate surface area is 113 Å². The Bertz CT molecular complexity index is 481. The lowest BCUT2D eigenvalue weighted by Gasteiger charge is -2.21. The Balaban J connectivity index is 2.09. The molecular weight excluding hydrogens is 242 g/mol. The molecule has 0 amide bonds. The number of thiophene rings is 1. The number of para-hydroxylation sites is 1. The van der Waals surface area contributed by atoms with Crippen molar-refractivity contribution in [3.63, 3.8) is 0 Å². The molecule has 0 aliphatic rings. The number of methoxy groups -OCH3 is 1. The molecule has 0 bridgehead atoms. The second-order valence-corrected chi connectivity index (χ2v) is 5.35. The first-order chi connectivity index (χ1) is 8.72. The highest BCUT2D eigenvalue weighted by Gasteiger charge is 2.14. The van der Waals surface area contributed by atoms with Crippen LogP contribution in [0.4, 0.5) is 0 Å². The van der Waals surface area contributed by atoms with Gasteiger partial charge in [0.05, 0.1) is 7.11 Å². The molecule has 1 aromatic heterocycles. The minimum Gasteiger partial charge on any atom is -0.496 e. The Morgan fingerprint density at radius 1 is 1.06 bits per heavy atom. The van der Waals surface area contributed by atoms with E-state index in [1.54, 1.807) is 18.4 Å². The van der Waals surface area contributed by atoms with Crippen molar-refractivity contribution >= 4 is 11.3 Å². The molecule has 0 aliphatic carbocycles. The maximum atomic E-state index is 5.40. The highest BCUT2D eigenvalue weighted by Crippen LogP contribution is 2.27. The number of ether oxygens (including phenoxy) is 1. The molecule has 1 heterocycles. The largest absolute Gasteiger partial charge is 0.496 e. The van der Waals surface area contributed by atoms with Gasteiger partial charge in [-0.3, -0.25) is 0 Å². The summed E-state index contributed by atoms with van der Waals surface area (Å²) >= 11 is 1.78. The van der Waals surface area contributed by atoms with E-state index >= 15 is 0 Å². The van der Waals surface area contributed by atoms with Crippen LogP contribution in [0.5, 0.6) is 5.75 Å². The van der Waals surface area contributed by atoms with Crippen molar-refractivity contribution in [3.8, 4) is 5.75 Å². The molecule has 2 aromatic rings. The number of benzene rings is 1. The van der Waals surface area contributed by atoms with E-state index in [9.17, 15) is 0 Å². The highest BCUT2D eigenvalue weighted by molar-refractivity contribution is 7.10. The van der Waals surface area contributed by atoms with Gasteiger partial charge in [0.2, 0.25) is 0 Å². The maximum Gasteiger partial charge on any atom is 0.123 e. The van der Waals surface area contributed by atoms with Gasteiger partial charge < -0.3 is 10.1 Å². The molecular formula is C15H19NOS. The van der Waals surface area contributed by atoms with Crippen LogP contribution in [0.2, 0.25) is 0 Å². The standard InChI is InChI=1S/C15H19NOS/c1-11(13-7-4-5-8-14(13)17-3)16-12(2)15-9-6-10-18-15/h4-12,16H,1-3H3/t11?,12-/m0/s1. The molecule has 96 valence electrons. The summed E-state index contributed by atoms with van der Waals surface area (Å²) in [5.74, 6) is 0.941.